The smallest absolute Gasteiger partial charge is 0.227 e. The summed E-state index contributed by atoms with van der Waals surface area (Å²) in [5.41, 5.74) is 0.937. The van der Waals surface area contributed by atoms with Crippen LogP contribution in [0.4, 0.5) is 11.6 Å². The summed E-state index contributed by atoms with van der Waals surface area (Å²) < 4.78 is 6.59. The molecule has 0 amide bonds. The summed E-state index contributed by atoms with van der Waals surface area (Å²) in [7, 11) is 0. The van der Waals surface area contributed by atoms with E-state index in [0.717, 1.165) is 15.0 Å². The first-order valence-corrected chi connectivity index (χ1v) is 6.72. The van der Waals surface area contributed by atoms with E-state index >= 15 is 0 Å². The lowest BCUT2D eigenvalue weighted by molar-refractivity contribution is 0.242. The molecule has 4 nitrogen and oxygen atoms in total. The third kappa shape index (κ3) is 3.83. The van der Waals surface area contributed by atoms with Gasteiger partial charge in [-0.1, -0.05) is 0 Å². The Kier molecular flexibility index (Phi) is 4.35. The standard InChI is InChI=1S/C13H14IN3O/c1-9(2)18-12-5-3-11(4-6-12)17-13-15-7-10(14)8-16-13/h3-9H,1-2H3,(H,15,16,17). The van der Waals surface area contributed by atoms with Gasteiger partial charge in [0.2, 0.25) is 5.95 Å². The highest BCUT2D eigenvalue weighted by Crippen LogP contribution is 2.19. The lowest BCUT2D eigenvalue weighted by Gasteiger charge is -2.10. The number of aromatic nitrogens is 2. The zero-order chi connectivity index (χ0) is 13.0. The second kappa shape index (κ2) is 5.99. The van der Waals surface area contributed by atoms with Gasteiger partial charge < -0.3 is 10.1 Å². The third-order valence-electron chi connectivity index (χ3n) is 2.10. The molecule has 1 N–H and O–H groups in total. The van der Waals surface area contributed by atoms with Crippen LogP contribution in [0, 0.1) is 3.57 Å². The van der Waals surface area contributed by atoms with Crippen LogP contribution in [0.2, 0.25) is 0 Å². The fraction of sp³-hybridized carbons (Fsp3) is 0.231. The van der Waals surface area contributed by atoms with Crippen molar-refractivity contribution in [3.05, 3.63) is 40.2 Å². The Bertz CT molecular complexity index is 497. The summed E-state index contributed by atoms with van der Waals surface area (Å²) in [5, 5.41) is 3.13. The van der Waals surface area contributed by atoms with Crippen LogP contribution in [-0.4, -0.2) is 16.1 Å². The molecule has 1 aromatic carbocycles. The number of halogens is 1. The number of nitrogens with one attached hydrogen (secondary N) is 1. The number of rotatable bonds is 4. The van der Waals surface area contributed by atoms with E-state index < -0.39 is 0 Å². The molecule has 0 radical (unpaired) electrons. The lowest BCUT2D eigenvalue weighted by atomic mass is 10.3. The van der Waals surface area contributed by atoms with Crippen molar-refractivity contribution in [2.75, 3.05) is 5.32 Å². The predicted octanol–water partition coefficient (Wildman–Crippen LogP) is 3.61. The van der Waals surface area contributed by atoms with E-state index in [9.17, 15) is 0 Å². The fourth-order valence-electron chi connectivity index (χ4n) is 1.39. The molecule has 5 heteroatoms. The molecule has 2 rings (SSSR count). The van der Waals surface area contributed by atoms with E-state index in [0.29, 0.717) is 5.95 Å². The molecule has 0 bridgehead atoms. The van der Waals surface area contributed by atoms with Crippen molar-refractivity contribution in [3.8, 4) is 5.75 Å². The SMILES string of the molecule is CC(C)Oc1ccc(Nc2ncc(I)cn2)cc1. The maximum atomic E-state index is 5.58. The molecule has 0 saturated heterocycles. The van der Waals surface area contributed by atoms with Crippen LogP contribution in [0.25, 0.3) is 0 Å². The summed E-state index contributed by atoms with van der Waals surface area (Å²) in [6, 6.07) is 7.74. The second-order valence-corrected chi connectivity index (χ2v) is 5.29. The highest BCUT2D eigenvalue weighted by atomic mass is 127. The molecule has 0 fully saturated rings. The highest BCUT2D eigenvalue weighted by Gasteiger charge is 2.00. The van der Waals surface area contributed by atoms with Crippen LogP contribution >= 0.6 is 22.6 Å². The van der Waals surface area contributed by atoms with Gasteiger partial charge in [0.15, 0.2) is 0 Å². The fourth-order valence-corrected chi connectivity index (χ4v) is 1.67. The Labute approximate surface area is 120 Å². The Morgan fingerprint density at radius 1 is 1.11 bits per heavy atom. The van der Waals surface area contributed by atoms with Crippen LogP contribution in [0.3, 0.4) is 0 Å². The van der Waals surface area contributed by atoms with E-state index in [1.807, 2.05) is 38.1 Å². The van der Waals surface area contributed by atoms with Crippen LogP contribution in [0.15, 0.2) is 36.7 Å². The van der Waals surface area contributed by atoms with Gasteiger partial charge in [-0.25, -0.2) is 9.97 Å². The minimum absolute atomic E-state index is 0.184. The van der Waals surface area contributed by atoms with Crippen LogP contribution in [0.1, 0.15) is 13.8 Å². The van der Waals surface area contributed by atoms with E-state index in [1.54, 1.807) is 12.4 Å². The number of benzene rings is 1. The maximum absolute atomic E-state index is 5.58. The number of ether oxygens (including phenoxy) is 1. The molecular formula is C13H14IN3O. The average molecular weight is 355 g/mol. The molecule has 0 aliphatic carbocycles. The summed E-state index contributed by atoms with van der Waals surface area (Å²) in [4.78, 5) is 8.37. The number of nitrogens with zero attached hydrogens (tertiary/aromatic N) is 2. The third-order valence-corrected chi connectivity index (χ3v) is 2.66. The summed E-state index contributed by atoms with van der Waals surface area (Å²) in [6.45, 7) is 4.01. The zero-order valence-electron chi connectivity index (χ0n) is 10.2. The van der Waals surface area contributed by atoms with Gasteiger partial charge in [-0.2, -0.15) is 0 Å². The largest absolute Gasteiger partial charge is 0.491 e. The summed E-state index contributed by atoms with van der Waals surface area (Å²) in [6.07, 6.45) is 3.72. The molecule has 0 saturated carbocycles. The van der Waals surface area contributed by atoms with Gasteiger partial charge in [0.05, 0.1) is 6.10 Å². The van der Waals surface area contributed by atoms with E-state index in [2.05, 4.69) is 37.9 Å². The number of hydrogen-bond donors (Lipinski definition) is 1. The topological polar surface area (TPSA) is 47.0 Å². The van der Waals surface area contributed by atoms with E-state index in [-0.39, 0.29) is 6.10 Å². The summed E-state index contributed by atoms with van der Waals surface area (Å²) >= 11 is 2.17. The normalized spacial score (nSPS) is 10.4. The van der Waals surface area contributed by atoms with Gasteiger partial charge in [-0.15, -0.1) is 0 Å². The monoisotopic (exact) mass is 355 g/mol. The van der Waals surface area contributed by atoms with Gasteiger partial charge in [-0.3, -0.25) is 0 Å². The van der Waals surface area contributed by atoms with Crippen molar-refractivity contribution in [2.24, 2.45) is 0 Å². The average Bonchev–Trinajstić information content (AvgIpc) is 2.34. The van der Waals surface area contributed by atoms with E-state index in [1.165, 1.54) is 0 Å². The molecule has 2 aromatic rings. The van der Waals surface area contributed by atoms with Crippen LogP contribution in [0.5, 0.6) is 5.75 Å². The van der Waals surface area contributed by atoms with Gasteiger partial charge in [0.1, 0.15) is 5.75 Å². The Morgan fingerprint density at radius 3 is 2.28 bits per heavy atom. The first-order chi connectivity index (χ1) is 8.63. The van der Waals surface area contributed by atoms with Gasteiger partial charge >= 0.3 is 0 Å². The van der Waals surface area contributed by atoms with Crippen molar-refractivity contribution >= 4 is 34.2 Å². The Hall–Kier alpha value is -1.37. The number of hydrogen-bond acceptors (Lipinski definition) is 4. The molecule has 1 heterocycles. The Balaban J connectivity index is 2.04. The lowest BCUT2D eigenvalue weighted by Crippen LogP contribution is -2.05. The van der Waals surface area contributed by atoms with Crippen molar-refractivity contribution < 1.29 is 4.74 Å². The van der Waals surface area contributed by atoms with Crippen LogP contribution < -0.4 is 10.1 Å². The summed E-state index contributed by atoms with van der Waals surface area (Å²) in [5.74, 6) is 1.45. The predicted molar refractivity (Wildman–Crippen MR) is 80.2 cm³/mol. The maximum Gasteiger partial charge on any atom is 0.227 e. The van der Waals surface area contributed by atoms with Crippen molar-refractivity contribution in [1.29, 1.82) is 0 Å². The van der Waals surface area contributed by atoms with Crippen molar-refractivity contribution in [1.82, 2.24) is 9.97 Å². The molecule has 0 spiro atoms. The molecule has 0 unspecified atom stereocenters. The molecule has 0 atom stereocenters. The minimum atomic E-state index is 0.184. The molecule has 0 aliphatic rings. The van der Waals surface area contributed by atoms with Gasteiger partial charge in [0.25, 0.3) is 0 Å². The highest BCUT2D eigenvalue weighted by molar-refractivity contribution is 14.1. The Morgan fingerprint density at radius 2 is 1.72 bits per heavy atom. The quantitative estimate of drug-likeness (QED) is 0.852. The van der Waals surface area contributed by atoms with Gasteiger partial charge in [0, 0.05) is 21.7 Å². The molecule has 0 aliphatic heterocycles. The van der Waals surface area contributed by atoms with Crippen molar-refractivity contribution in [2.45, 2.75) is 20.0 Å². The van der Waals surface area contributed by atoms with Gasteiger partial charge in [-0.05, 0) is 60.7 Å². The first kappa shape index (κ1) is 13.1. The minimum Gasteiger partial charge on any atom is -0.491 e. The molecule has 1 aromatic heterocycles. The van der Waals surface area contributed by atoms with Crippen LogP contribution in [-0.2, 0) is 0 Å². The zero-order valence-corrected chi connectivity index (χ0v) is 12.4. The molecule has 18 heavy (non-hydrogen) atoms. The molecule has 94 valence electrons. The molecular weight excluding hydrogens is 341 g/mol. The van der Waals surface area contributed by atoms with Crippen molar-refractivity contribution in [3.63, 3.8) is 0 Å². The second-order valence-electron chi connectivity index (χ2n) is 4.04. The van der Waals surface area contributed by atoms with E-state index in [4.69, 9.17) is 4.74 Å². The number of anilines is 2. The first-order valence-electron chi connectivity index (χ1n) is 5.65.